The molecule has 4 atom stereocenters. The molecule has 1 fully saturated rings. The summed E-state index contributed by atoms with van der Waals surface area (Å²) in [5, 5.41) is 4.62. The minimum Gasteiger partial charge on any atom is -0.384 e. The van der Waals surface area contributed by atoms with Gasteiger partial charge in [0, 0.05) is 53.6 Å². The lowest BCUT2D eigenvalue weighted by Crippen LogP contribution is -2.49. The van der Waals surface area contributed by atoms with Crippen LogP contribution in [0.2, 0.25) is 0 Å². The highest BCUT2D eigenvalue weighted by Crippen LogP contribution is 2.44. The van der Waals surface area contributed by atoms with Gasteiger partial charge in [-0.25, -0.2) is 0 Å². The van der Waals surface area contributed by atoms with E-state index in [0.29, 0.717) is 12.0 Å². The van der Waals surface area contributed by atoms with Gasteiger partial charge in [0.25, 0.3) is 0 Å². The molecule has 1 N–H and O–H groups in total. The summed E-state index contributed by atoms with van der Waals surface area (Å²) in [4.78, 5) is 6.19. The average Bonchev–Trinajstić information content (AvgIpc) is 2.43. The van der Waals surface area contributed by atoms with Gasteiger partial charge in [-0.05, 0) is 45.9 Å². The topological polar surface area (TPSA) is 18.5 Å². The van der Waals surface area contributed by atoms with Crippen LogP contribution in [-0.4, -0.2) is 55.3 Å². The zero-order valence-corrected chi connectivity index (χ0v) is 14.8. The Morgan fingerprint density at radius 1 is 1.19 bits per heavy atom. The number of nitrogens with zero attached hydrogens (tertiary/aromatic N) is 2. The van der Waals surface area contributed by atoms with Crippen molar-refractivity contribution in [2.45, 2.75) is 49.9 Å². The molecule has 0 aromatic carbocycles. The molecule has 3 nitrogen and oxygen atoms in total. The van der Waals surface area contributed by atoms with Gasteiger partial charge >= 0.3 is 0 Å². The summed E-state index contributed by atoms with van der Waals surface area (Å²) in [5.74, 6) is 0.626. The van der Waals surface area contributed by atoms with E-state index in [-0.39, 0.29) is 0 Å². The van der Waals surface area contributed by atoms with E-state index in [1.165, 1.54) is 42.0 Å². The molecule has 1 aliphatic heterocycles. The standard InChI is InChI=1S/C17H29N3S/c1-11-8-14-17(10-15(11)20(4)5)21-16-9-12(19(2)3)6-7-13(16)18-14/h10-13,16,18H,6-9H2,1-5H3. The van der Waals surface area contributed by atoms with Crippen molar-refractivity contribution in [1.82, 2.24) is 15.1 Å². The van der Waals surface area contributed by atoms with Gasteiger partial charge in [-0.3, -0.25) is 0 Å². The first kappa shape index (κ1) is 15.3. The first-order chi connectivity index (χ1) is 9.95. The smallest absolute Gasteiger partial charge is 0.0382 e. The zero-order chi connectivity index (χ0) is 15.1. The number of hydrogen-bond acceptors (Lipinski definition) is 4. The number of rotatable bonds is 2. The summed E-state index contributed by atoms with van der Waals surface area (Å²) in [6, 6.07) is 1.44. The third kappa shape index (κ3) is 2.98. The highest BCUT2D eigenvalue weighted by atomic mass is 32.2. The Bertz CT molecular complexity index is 467. The molecule has 4 heteroatoms. The van der Waals surface area contributed by atoms with Crippen molar-refractivity contribution in [3.63, 3.8) is 0 Å². The Morgan fingerprint density at radius 2 is 1.95 bits per heavy atom. The molecule has 0 amide bonds. The van der Waals surface area contributed by atoms with E-state index in [9.17, 15) is 0 Å². The molecule has 1 saturated carbocycles. The van der Waals surface area contributed by atoms with Crippen molar-refractivity contribution in [3.8, 4) is 0 Å². The van der Waals surface area contributed by atoms with Gasteiger partial charge in [0.15, 0.2) is 0 Å². The Morgan fingerprint density at radius 3 is 2.62 bits per heavy atom. The van der Waals surface area contributed by atoms with Crippen LogP contribution < -0.4 is 5.32 Å². The predicted octanol–water partition coefficient (Wildman–Crippen LogP) is 2.87. The predicted molar refractivity (Wildman–Crippen MR) is 92.2 cm³/mol. The van der Waals surface area contributed by atoms with E-state index in [2.05, 4.69) is 68.1 Å². The SMILES string of the molecule is CC1CC2=C(C=C1N(C)C)SC1CC(N(C)C)CCC1N2. The van der Waals surface area contributed by atoms with E-state index in [1.54, 1.807) is 0 Å². The molecule has 3 rings (SSSR count). The van der Waals surface area contributed by atoms with E-state index in [1.807, 2.05) is 0 Å². The van der Waals surface area contributed by atoms with Crippen molar-refractivity contribution < 1.29 is 0 Å². The summed E-state index contributed by atoms with van der Waals surface area (Å²) in [5.41, 5.74) is 2.98. The molecular formula is C17H29N3S. The van der Waals surface area contributed by atoms with Gasteiger partial charge in [-0.15, -0.1) is 11.8 Å². The molecule has 0 saturated heterocycles. The molecule has 4 unspecified atom stereocenters. The molecule has 0 bridgehead atoms. The summed E-state index contributed by atoms with van der Waals surface area (Å²) >= 11 is 2.13. The number of hydrogen-bond donors (Lipinski definition) is 1. The molecule has 3 aliphatic rings. The van der Waals surface area contributed by atoms with E-state index >= 15 is 0 Å². The van der Waals surface area contributed by atoms with Crippen LogP contribution in [0.25, 0.3) is 0 Å². The van der Waals surface area contributed by atoms with Gasteiger partial charge in [0.1, 0.15) is 0 Å². The Kier molecular flexibility index (Phi) is 4.28. The second-order valence-corrected chi connectivity index (χ2v) is 8.53. The fraction of sp³-hybridized carbons (Fsp3) is 0.765. The van der Waals surface area contributed by atoms with Gasteiger partial charge in [0.2, 0.25) is 0 Å². The molecule has 2 aliphatic carbocycles. The molecule has 21 heavy (non-hydrogen) atoms. The second-order valence-electron chi connectivity index (χ2n) is 7.25. The maximum absolute atomic E-state index is 3.88. The first-order valence-corrected chi connectivity index (χ1v) is 9.05. The lowest BCUT2D eigenvalue weighted by molar-refractivity contribution is 0.211. The van der Waals surface area contributed by atoms with Crippen molar-refractivity contribution in [1.29, 1.82) is 0 Å². The Balaban J connectivity index is 1.79. The van der Waals surface area contributed by atoms with Crippen molar-refractivity contribution >= 4 is 11.8 Å². The monoisotopic (exact) mass is 307 g/mol. The number of allylic oxidation sites excluding steroid dienone is 3. The number of fused-ring (bicyclic) bond motifs is 1. The van der Waals surface area contributed by atoms with Crippen LogP contribution in [0, 0.1) is 5.92 Å². The maximum Gasteiger partial charge on any atom is 0.0382 e. The normalized spacial score (nSPS) is 35.8. The van der Waals surface area contributed by atoms with Crippen LogP contribution in [0.1, 0.15) is 32.6 Å². The molecule has 0 radical (unpaired) electrons. The van der Waals surface area contributed by atoms with Crippen LogP contribution in [-0.2, 0) is 0 Å². The highest BCUT2D eigenvalue weighted by molar-refractivity contribution is 8.04. The van der Waals surface area contributed by atoms with Gasteiger partial charge in [0.05, 0.1) is 0 Å². The number of nitrogens with one attached hydrogen (secondary N) is 1. The van der Waals surface area contributed by atoms with Crippen LogP contribution >= 0.6 is 11.8 Å². The lowest BCUT2D eigenvalue weighted by atomic mass is 9.88. The van der Waals surface area contributed by atoms with Crippen LogP contribution in [0.3, 0.4) is 0 Å². The van der Waals surface area contributed by atoms with E-state index < -0.39 is 0 Å². The van der Waals surface area contributed by atoms with Crippen LogP contribution in [0.5, 0.6) is 0 Å². The molecule has 0 spiro atoms. The molecule has 118 valence electrons. The van der Waals surface area contributed by atoms with Crippen molar-refractivity contribution in [2.75, 3.05) is 28.2 Å². The Hall–Kier alpha value is -0.610. The lowest BCUT2D eigenvalue weighted by Gasteiger charge is -2.44. The molecule has 0 aromatic rings. The fourth-order valence-electron chi connectivity index (χ4n) is 3.94. The summed E-state index contributed by atoms with van der Waals surface area (Å²) in [7, 11) is 8.78. The Labute approximate surface area is 133 Å². The summed E-state index contributed by atoms with van der Waals surface area (Å²) in [6.07, 6.45) is 7.56. The summed E-state index contributed by atoms with van der Waals surface area (Å²) in [6.45, 7) is 2.34. The second kappa shape index (κ2) is 5.88. The van der Waals surface area contributed by atoms with E-state index in [0.717, 1.165) is 11.3 Å². The average molecular weight is 308 g/mol. The fourth-order valence-corrected chi connectivity index (χ4v) is 5.43. The van der Waals surface area contributed by atoms with Crippen molar-refractivity contribution in [3.05, 3.63) is 22.4 Å². The maximum atomic E-state index is 3.88. The molecular weight excluding hydrogens is 278 g/mol. The van der Waals surface area contributed by atoms with Crippen LogP contribution in [0.15, 0.2) is 22.4 Å². The zero-order valence-electron chi connectivity index (χ0n) is 14.0. The first-order valence-electron chi connectivity index (χ1n) is 8.17. The highest BCUT2D eigenvalue weighted by Gasteiger charge is 2.37. The van der Waals surface area contributed by atoms with Gasteiger partial charge in [-0.2, -0.15) is 0 Å². The van der Waals surface area contributed by atoms with Crippen molar-refractivity contribution in [2.24, 2.45) is 5.92 Å². The molecule has 0 aromatic heterocycles. The van der Waals surface area contributed by atoms with Gasteiger partial charge in [-0.1, -0.05) is 6.92 Å². The quantitative estimate of drug-likeness (QED) is 0.845. The third-order valence-corrected chi connectivity index (χ3v) is 6.68. The summed E-state index contributed by atoms with van der Waals surface area (Å²) < 4.78 is 0. The minimum atomic E-state index is 0.626. The van der Waals surface area contributed by atoms with Crippen LogP contribution in [0.4, 0.5) is 0 Å². The van der Waals surface area contributed by atoms with Gasteiger partial charge < -0.3 is 15.1 Å². The minimum absolute atomic E-state index is 0.626. The largest absolute Gasteiger partial charge is 0.384 e. The number of thioether (sulfide) groups is 1. The molecule has 1 heterocycles. The third-order valence-electron chi connectivity index (χ3n) is 5.24. The van der Waals surface area contributed by atoms with E-state index in [4.69, 9.17) is 0 Å².